The van der Waals surface area contributed by atoms with Crippen molar-refractivity contribution in [1.29, 1.82) is 0 Å². The van der Waals surface area contributed by atoms with Crippen LogP contribution in [0.3, 0.4) is 0 Å². The van der Waals surface area contributed by atoms with Gasteiger partial charge in [-0.1, -0.05) is 13.8 Å². The summed E-state index contributed by atoms with van der Waals surface area (Å²) in [5.74, 6) is -1.15. The second-order valence-electron chi connectivity index (χ2n) is 9.31. The van der Waals surface area contributed by atoms with Crippen molar-refractivity contribution in [2.75, 3.05) is 31.6 Å². The van der Waals surface area contributed by atoms with E-state index in [0.29, 0.717) is 24.3 Å². The molecule has 32 heavy (non-hydrogen) atoms. The van der Waals surface area contributed by atoms with Crippen molar-refractivity contribution in [2.45, 2.75) is 52.6 Å². The average Bonchev–Trinajstić information content (AvgIpc) is 2.71. The molecule has 1 aliphatic rings. The molecule has 2 rings (SSSR count). The van der Waals surface area contributed by atoms with Crippen LogP contribution in [0.4, 0.5) is 5.69 Å². The Morgan fingerprint density at radius 1 is 1.19 bits per heavy atom. The summed E-state index contributed by atoms with van der Waals surface area (Å²) in [5.41, 5.74) is 0.850. The molecular formula is C23H34N4O5. The van der Waals surface area contributed by atoms with Crippen molar-refractivity contribution in [3.63, 3.8) is 0 Å². The molecule has 0 bridgehead atoms. The van der Waals surface area contributed by atoms with Gasteiger partial charge in [0.2, 0.25) is 11.8 Å². The van der Waals surface area contributed by atoms with E-state index in [1.807, 2.05) is 34.6 Å². The van der Waals surface area contributed by atoms with Gasteiger partial charge in [0.25, 0.3) is 5.91 Å². The summed E-state index contributed by atoms with van der Waals surface area (Å²) in [5, 5.41) is 8.60. The Bertz CT molecular complexity index is 830. The molecule has 1 saturated heterocycles. The number of amides is 3. The van der Waals surface area contributed by atoms with Crippen molar-refractivity contribution in [3.05, 3.63) is 29.8 Å². The number of esters is 1. The van der Waals surface area contributed by atoms with Crippen LogP contribution in [-0.4, -0.2) is 66.4 Å². The number of anilines is 1. The maximum Gasteiger partial charge on any atom is 0.308 e. The van der Waals surface area contributed by atoms with Crippen molar-refractivity contribution in [1.82, 2.24) is 15.5 Å². The number of rotatable bonds is 8. The largest absolute Gasteiger partial charge is 0.465 e. The second-order valence-corrected chi connectivity index (χ2v) is 9.31. The van der Waals surface area contributed by atoms with Gasteiger partial charge in [-0.3, -0.25) is 19.2 Å². The summed E-state index contributed by atoms with van der Waals surface area (Å²) in [4.78, 5) is 50.8. The lowest BCUT2D eigenvalue weighted by Crippen LogP contribution is -2.58. The summed E-state index contributed by atoms with van der Waals surface area (Å²) in [6.45, 7) is 10.4. The summed E-state index contributed by atoms with van der Waals surface area (Å²) >= 11 is 0. The molecule has 1 heterocycles. The fourth-order valence-corrected chi connectivity index (χ4v) is 3.12. The zero-order valence-corrected chi connectivity index (χ0v) is 19.5. The van der Waals surface area contributed by atoms with Gasteiger partial charge in [-0.2, -0.15) is 0 Å². The molecule has 3 N–H and O–H groups in total. The molecule has 0 radical (unpaired) electrons. The highest BCUT2D eigenvalue weighted by molar-refractivity contribution is 5.95. The zero-order valence-electron chi connectivity index (χ0n) is 19.5. The van der Waals surface area contributed by atoms with E-state index < -0.39 is 12.0 Å². The molecule has 9 heteroatoms. The van der Waals surface area contributed by atoms with Crippen molar-refractivity contribution >= 4 is 29.4 Å². The van der Waals surface area contributed by atoms with E-state index >= 15 is 0 Å². The van der Waals surface area contributed by atoms with Crippen LogP contribution in [0, 0.1) is 5.92 Å². The van der Waals surface area contributed by atoms with E-state index in [-0.39, 0.29) is 48.8 Å². The Labute approximate surface area is 189 Å². The number of nitrogens with one attached hydrogen (secondary N) is 3. The van der Waals surface area contributed by atoms with Crippen LogP contribution in [0.5, 0.6) is 0 Å². The average molecular weight is 447 g/mol. The third kappa shape index (κ3) is 7.86. The first-order valence-electron chi connectivity index (χ1n) is 10.9. The van der Waals surface area contributed by atoms with Crippen LogP contribution in [0.2, 0.25) is 0 Å². The number of hydrogen-bond donors (Lipinski definition) is 3. The van der Waals surface area contributed by atoms with E-state index in [9.17, 15) is 19.2 Å². The summed E-state index contributed by atoms with van der Waals surface area (Å²) in [6, 6.07) is 5.90. The minimum Gasteiger partial charge on any atom is -0.465 e. The number of piperazine rings is 1. The SMILES string of the molecule is CC(C)COC(=O)CC1C(=O)NCCN1C(=O)CNc1ccc(C(=O)NC(C)(C)C)cc1. The van der Waals surface area contributed by atoms with Gasteiger partial charge in [-0.25, -0.2) is 0 Å². The lowest BCUT2D eigenvalue weighted by atomic mass is 10.1. The first kappa shape index (κ1) is 25.2. The third-order valence-corrected chi connectivity index (χ3v) is 4.67. The molecule has 176 valence electrons. The van der Waals surface area contributed by atoms with Gasteiger partial charge in [0, 0.05) is 29.9 Å². The Morgan fingerprint density at radius 3 is 2.44 bits per heavy atom. The number of hydrogen-bond acceptors (Lipinski definition) is 6. The first-order chi connectivity index (χ1) is 15.0. The molecule has 0 spiro atoms. The fraction of sp³-hybridized carbons (Fsp3) is 0.565. The van der Waals surface area contributed by atoms with Gasteiger partial charge in [0.1, 0.15) is 6.04 Å². The lowest BCUT2D eigenvalue weighted by molar-refractivity contribution is -0.152. The molecule has 1 fully saturated rings. The quantitative estimate of drug-likeness (QED) is 0.522. The third-order valence-electron chi connectivity index (χ3n) is 4.67. The monoisotopic (exact) mass is 446 g/mol. The minimum atomic E-state index is -0.888. The highest BCUT2D eigenvalue weighted by Gasteiger charge is 2.35. The Kier molecular flexibility index (Phi) is 8.63. The predicted octanol–water partition coefficient (Wildman–Crippen LogP) is 1.54. The number of nitrogens with zero attached hydrogens (tertiary/aromatic N) is 1. The van der Waals surface area contributed by atoms with Crippen LogP contribution >= 0.6 is 0 Å². The van der Waals surface area contributed by atoms with Crippen molar-refractivity contribution in [3.8, 4) is 0 Å². The van der Waals surface area contributed by atoms with E-state index in [1.165, 1.54) is 4.90 Å². The summed E-state index contributed by atoms with van der Waals surface area (Å²) < 4.78 is 5.17. The molecule has 3 amide bonds. The molecule has 1 aromatic rings. The molecule has 1 aliphatic heterocycles. The summed E-state index contributed by atoms with van der Waals surface area (Å²) in [7, 11) is 0. The smallest absolute Gasteiger partial charge is 0.308 e. The Balaban J connectivity index is 1.94. The number of carbonyl (C=O) groups is 4. The van der Waals surface area contributed by atoms with Crippen LogP contribution < -0.4 is 16.0 Å². The van der Waals surface area contributed by atoms with Crippen LogP contribution in [0.1, 0.15) is 51.4 Å². The number of benzene rings is 1. The van der Waals surface area contributed by atoms with Gasteiger partial charge >= 0.3 is 5.97 Å². The molecule has 0 saturated carbocycles. The fourth-order valence-electron chi connectivity index (χ4n) is 3.12. The molecule has 1 aromatic carbocycles. The van der Waals surface area contributed by atoms with Crippen molar-refractivity contribution in [2.24, 2.45) is 5.92 Å². The van der Waals surface area contributed by atoms with Gasteiger partial charge in [0.05, 0.1) is 19.6 Å². The topological polar surface area (TPSA) is 117 Å². The van der Waals surface area contributed by atoms with Crippen LogP contribution in [0.25, 0.3) is 0 Å². The first-order valence-corrected chi connectivity index (χ1v) is 10.9. The van der Waals surface area contributed by atoms with Crippen LogP contribution in [-0.2, 0) is 19.1 Å². The predicted molar refractivity (Wildman–Crippen MR) is 121 cm³/mol. The summed E-state index contributed by atoms with van der Waals surface area (Å²) in [6.07, 6.45) is -0.179. The number of ether oxygens (including phenoxy) is 1. The van der Waals surface area contributed by atoms with Gasteiger partial charge in [-0.05, 0) is 51.0 Å². The molecular weight excluding hydrogens is 412 g/mol. The second kappa shape index (κ2) is 11.0. The van der Waals surface area contributed by atoms with Gasteiger partial charge in [0.15, 0.2) is 0 Å². The minimum absolute atomic E-state index is 0.0433. The van der Waals surface area contributed by atoms with Gasteiger partial charge in [-0.15, -0.1) is 0 Å². The molecule has 9 nitrogen and oxygen atoms in total. The van der Waals surface area contributed by atoms with Crippen LogP contribution in [0.15, 0.2) is 24.3 Å². The normalized spacial score (nSPS) is 16.4. The lowest BCUT2D eigenvalue weighted by Gasteiger charge is -2.34. The number of carbonyl (C=O) groups excluding carboxylic acids is 4. The van der Waals surface area contributed by atoms with Gasteiger partial charge < -0.3 is 25.6 Å². The maximum atomic E-state index is 12.8. The standard InChI is InChI=1S/C23H34N4O5/c1-15(2)14-32-20(29)12-18-22(31)24-10-11-27(18)19(28)13-25-17-8-6-16(7-9-17)21(30)26-23(3,4)5/h6-9,15,18,25H,10-14H2,1-5H3,(H,24,31)(H,26,30). The molecule has 1 atom stereocenters. The maximum absolute atomic E-state index is 12.8. The van der Waals surface area contributed by atoms with Crippen molar-refractivity contribution < 1.29 is 23.9 Å². The van der Waals surface area contributed by atoms with E-state index in [4.69, 9.17) is 4.74 Å². The molecule has 0 aliphatic carbocycles. The Hall–Kier alpha value is -3.10. The van der Waals surface area contributed by atoms with E-state index in [2.05, 4.69) is 16.0 Å². The zero-order chi connectivity index (χ0) is 23.9. The Morgan fingerprint density at radius 2 is 1.84 bits per heavy atom. The van der Waals surface area contributed by atoms with E-state index in [1.54, 1.807) is 24.3 Å². The molecule has 0 aromatic heterocycles. The highest BCUT2D eigenvalue weighted by Crippen LogP contribution is 2.14. The molecule has 1 unspecified atom stereocenters. The van der Waals surface area contributed by atoms with E-state index in [0.717, 1.165) is 0 Å². The highest BCUT2D eigenvalue weighted by atomic mass is 16.5.